The molecule has 1 fully saturated rings. The summed E-state index contributed by atoms with van der Waals surface area (Å²) in [6.07, 6.45) is 0. The van der Waals surface area contributed by atoms with Crippen molar-refractivity contribution in [1.29, 1.82) is 0 Å². The molecule has 5 heteroatoms. The number of morpholine rings is 1. The molecule has 1 amide bonds. The van der Waals surface area contributed by atoms with Crippen molar-refractivity contribution in [3.05, 3.63) is 65.2 Å². The van der Waals surface area contributed by atoms with Gasteiger partial charge in [0.15, 0.2) is 0 Å². The third-order valence-electron chi connectivity index (χ3n) is 5.46. The average molecular weight is 397 g/mol. The first-order valence-corrected chi connectivity index (χ1v) is 10.2. The maximum atomic E-state index is 12.8. The second-order valence-corrected chi connectivity index (χ2v) is 8.47. The summed E-state index contributed by atoms with van der Waals surface area (Å²) in [6.45, 7) is 10.2. The molecule has 0 aliphatic carbocycles. The molecule has 2 aromatic carbocycles. The zero-order chi connectivity index (χ0) is 20.9. The lowest BCUT2D eigenvalue weighted by molar-refractivity contribution is 0.0162. The molecular weight excluding hydrogens is 364 g/mol. The molecule has 1 atom stereocenters. The molecule has 0 bridgehead atoms. The first kappa shape index (κ1) is 21.3. The van der Waals surface area contributed by atoms with Gasteiger partial charge in [-0.15, -0.1) is 0 Å². The van der Waals surface area contributed by atoms with E-state index in [1.807, 2.05) is 36.4 Å². The maximum Gasteiger partial charge on any atom is 0.251 e. The van der Waals surface area contributed by atoms with Crippen molar-refractivity contribution in [2.24, 2.45) is 0 Å². The summed E-state index contributed by atoms with van der Waals surface area (Å²) in [5, 5.41) is 3.13. The molecule has 5 nitrogen and oxygen atoms in total. The summed E-state index contributed by atoms with van der Waals surface area (Å²) in [5.74, 6) is 0.787. The van der Waals surface area contributed by atoms with Crippen LogP contribution in [0.25, 0.3) is 0 Å². The van der Waals surface area contributed by atoms with Gasteiger partial charge in [-0.1, -0.05) is 45.0 Å². The van der Waals surface area contributed by atoms with E-state index in [2.05, 4.69) is 43.1 Å². The number of carbonyl (C=O) groups excluding carboxylic acids is 1. The first-order chi connectivity index (χ1) is 13.9. The smallest absolute Gasteiger partial charge is 0.251 e. The molecule has 1 aliphatic rings. The minimum Gasteiger partial charge on any atom is -0.497 e. The molecule has 1 saturated heterocycles. The minimum absolute atomic E-state index is 0.0442. The zero-order valence-corrected chi connectivity index (χ0v) is 17.9. The van der Waals surface area contributed by atoms with E-state index in [1.165, 1.54) is 5.56 Å². The quantitative estimate of drug-likeness (QED) is 0.807. The summed E-state index contributed by atoms with van der Waals surface area (Å²) < 4.78 is 10.8. The van der Waals surface area contributed by atoms with Crippen LogP contribution in [0.15, 0.2) is 48.5 Å². The molecule has 0 unspecified atom stereocenters. The lowest BCUT2D eigenvalue weighted by Gasteiger charge is -2.35. The molecule has 1 N–H and O–H groups in total. The first-order valence-electron chi connectivity index (χ1n) is 10.2. The van der Waals surface area contributed by atoms with Crippen LogP contribution in [0, 0.1) is 0 Å². The van der Waals surface area contributed by atoms with Crippen molar-refractivity contribution in [2.45, 2.75) is 32.2 Å². The summed E-state index contributed by atoms with van der Waals surface area (Å²) in [5.41, 5.74) is 3.15. The van der Waals surface area contributed by atoms with Crippen molar-refractivity contribution < 1.29 is 14.3 Å². The number of rotatable bonds is 6. The maximum absolute atomic E-state index is 12.8. The number of nitrogens with one attached hydrogen (secondary N) is 1. The lowest BCUT2D eigenvalue weighted by atomic mass is 9.87. The Morgan fingerprint density at radius 2 is 1.69 bits per heavy atom. The van der Waals surface area contributed by atoms with E-state index in [0.29, 0.717) is 12.1 Å². The number of methoxy groups -OCH3 is 1. The Morgan fingerprint density at radius 1 is 1.07 bits per heavy atom. The summed E-state index contributed by atoms with van der Waals surface area (Å²) in [4.78, 5) is 15.1. The largest absolute Gasteiger partial charge is 0.497 e. The normalized spacial score (nSPS) is 16.3. The van der Waals surface area contributed by atoms with Gasteiger partial charge in [0.2, 0.25) is 0 Å². The number of ether oxygens (including phenoxy) is 2. The van der Waals surface area contributed by atoms with Crippen LogP contribution in [0.1, 0.15) is 48.3 Å². The number of hydrogen-bond donors (Lipinski definition) is 1. The summed E-state index contributed by atoms with van der Waals surface area (Å²) >= 11 is 0. The second-order valence-electron chi connectivity index (χ2n) is 8.47. The van der Waals surface area contributed by atoms with E-state index in [4.69, 9.17) is 9.47 Å². The van der Waals surface area contributed by atoms with Crippen LogP contribution in [-0.2, 0) is 10.2 Å². The minimum atomic E-state index is -0.0442. The number of carbonyl (C=O) groups is 1. The van der Waals surface area contributed by atoms with E-state index in [-0.39, 0.29) is 17.4 Å². The highest BCUT2D eigenvalue weighted by Crippen LogP contribution is 2.24. The molecular formula is C24H32N2O3. The predicted molar refractivity (Wildman–Crippen MR) is 116 cm³/mol. The fourth-order valence-corrected chi connectivity index (χ4v) is 3.59. The van der Waals surface area contributed by atoms with Crippen LogP contribution >= 0.6 is 0 Å². The van der Waals surface area contributed by atoms with Gasteiger partial charge in [-0.2, -0.15) is 0 Å². The Balaban J connectivity index is 1.70. The van der Waals surface area contributed by atoms with Crippen LogP contribution in [-0.4, -0.2) is 50.8 Å². The second kappa shape index (κ2) is 9.42. The van der Waals surface area contributed by atoms with Crippen molar-refractivity contribution in [2.75, 3.05) is 40.0 Å². The van der Waals surface area contributed by atoms with Crippen LogP contribution in [0.3, 0.4) is 0 Å². The van der Waals surface area contributed by atoms with E-state index in [0.717, 1.165) is 37.6 Å². The van der Waals surface area contributed by atoms with Gasteiger partial charge in [0, 0.05) is 25.2 Å². The number of amides is 1. The summed E-state index contributed by atoms with van der Waals surface area (Å²) in [7, 11) is 1.67. The van der Waals surface area contributed by atoms with E-state index >= 15 is 0 Å². The van der Waals surface area contributed by atoms with Gasteiger partial charge in [0.25, 0.3) is 5.91 Å². The fourth-order valence-electron chi connectivity index (χ4n) is 3.59. The van der Waals surface area contributed by atoms with E-state index in [1.54, 1.807) is 7.11 Å². The number of nitrogens with zero attached hydrogens (tertiary/aromatic N) is 1. The average Bonchev–Trinajstić information content (AvgIpc) is 2.74. The molecule has 156 valence electrons. The Labute approximate surface area is 174 Å². The van der Waals surface area contributed by atoms with Gasteiger partial charge < -0.3 is 14.8 Å². The van der Waals surface area contributed by atoms with Gasteiger partial charge >= 0.3 is 0 Å². The van der Waals surface area contributed by atoms with Gasteiger partial charge in [0.1, 0.15) is 5.75 Å². The van der Waals surface area contributed by atoms with Gasteiger partial charge in [-0.3, -0.25) is 9.69 Å². The molecule has 29 heavy (non-hydrogen) atoms. The number of hydrogen-bond acceptors (Lipinski definition) is 4. The lowest BCUT2D eigenvalue weighted by Crippen LogP contribution is -2.43. The highest BCUT2D eigenvalue weighted by molar-refractivity contribution is 5.94. The van der Waals surface area contributed by atoms with Crippen LogP contribution < -0.4 is 10.1 Å². The van der Waals surface area contributed by atoms with Crippen molar-refractivity contribution in [1.82, 2.24) is 10.2 Å². The van der Waals surface area contributed by atoms with Crippen molar-refractivity contribution in [3.8, 4) is 5.75 Å². The molecule has 1 heterocycles. The number of benzene rings is 2. The van der Waals surface area contributed by atoms with Crippen LogP contribution in [0.5, 0.6) is 5.75 Å². The molecule has 0 spiro atoms. The van der Waals surface area contributed by atoms with Crippen LogP contribution in [0.2, 0.25) is 0 Å². The summed E-state index contributed by atoms with van der Waals surface area (Å²) in [6, 6.07) is 16.1. The molecule has 0 radical (unpaired) electrons. The Hall–Kier alpha value is -2.37. The fraction of sp³-hybridized carbons (Fsp3) is 0.458. The molecule has 1 aliphatic heterocycles. The topological polar surface area (TPSA) is 50.8 Å². The highest BCUT2D eigenvalue weighted by Gasteiger charge is 2.23. The third-order valence-corrected chi connectivity index (χ3v) is 5.46. The van der Waals surface area contributed by atoms with Gasteiger partial charge in [-0.25, -0.2) is 0 Å². The SMILES string of the molecule is COc1ccc([C@@H](CNC(=O)c2ccc(C(C)(C)C)cc2)N2CCOCC2)cc1. The predicted octanol–water partition coefficient (Wildman–Crippen LogP) is 3.80. The highest BCUT2D eigenvalue weighted by atomic mass is 16.5. The van der Waals surface area contributed by atoms with E-state index in [9.17, 15) is 4.79 Å². The van der Waals surface area contributed by atoms with Crippen LogP contribution in [0.4, 0.5) is 0 Å². The van der Waals surface area contributed by atoms with E-state index < -0.39 is 0 Å². The Bertz CT molecular complexity index is 788. The van der Waals surface area contributed by atoms with Gasteiger partial charge in [-0.05, 0) is 40.8 Å². The van der Waals surface area contributed by atoms with Gasteiger partial charge in [0.05, 0.1) is 26.4 Å². The molecule has 2 aromatic rings. The molecule has 3 rings (SSSR count). The molecule has 0 aromatic heterocycles. The zero-order valence-electron chi connectivity index (χ0n) is 17.9. The standard InChI is InChI=1S/C24H32N2O3/c1-24(2,3)20-9-5-19(6-10-20)23(27)25-17-22(26-13-15-29-16-14-26)18-7-11-21(28-4)12-8-18/h5-12,22H,13-17H2,1-4H3,(H,25,27)/t22-/m1/s1. The molecule has 0 saturated carbocycles. The Morgan fingerprint density at radius 3 is 2.24 bits per heavy atom. The monoisotopic (exact) mass is 396 g/mol. The third kappa shape index (κ3) is 5.58. The van der Waals surface area contributed by atoms with Crippen molar-refractivity contribution in [3.63, 3.8) is 0 Å². The van der Waals surface area contributed by atoms with Crippen molar-refractivity contribution >= 4 is 5.91 Å². The Kier molecular flexibility index (Phi) is 6.93.